The summed E-state index contributed by atoms with van der Waals surface area (Å²) < 4.78 is 10.0. The maximum absolute atomic E-state index is 11.7. The summed E-state index contributed by atoms with van der Waals surface area (Å²) in [7, 11) is 1.30. The van der Waals surface area contributed by atoms with E-state index < -0.39 is 12.0 Å². The Morgan fingerprint density at radius 2 is 1.95 bits per heavy atom. The molecule has 0 spiro atoms. The predicted molar refractivity (Wildman–Crippen MR) is 77.5 cm³/mol. The monoisotopic (exact) mass is 287 g/mol. The Hall–Kier alpha value is -2.56. The molecule has 1 heterocycles. The lowest BCUT2D eigenvalue weighted by atomic mass is 10.0. The maximum Gasteiger partial charge on any atom is 0.328 e. The standard InChI is InChI=1S/C16H17NO4/c1-11(18)17-14(16(19)20-2)10-12-5-7-13(8-6-12)15-4-3-9-21-15/h3-9,14H,10H2,1-2H3,(H,17,18). The molecule has 5 nitrogen and oxygen atoms in total. The van der Waals surface area contributed by atoms with Crippen molar-refractivity contribution in [3.8, 4) is 11.3 Å². The molecule has 21 heavy (non-hydrogen) atoms. The Morgan fingerprint density at radius 3 is 2.48 bits per heavy atom. The fraction of sp³-hybridized carbons (Fsp3) is 0.250. The average molecular weight is 287 g/mol. The second-order valence-electron chi connectivity index (χ2n) is 4.65. The molecule has 0 radical (unpaired) electrons. The van der Waals surface area contributed by atoms with Gasteiger partial charge in [0.25, 0.3) is 0 Å². The minimum absolute atomic E-state index is 0.266. The number of hydrogen-bond donors (Lipinski definition) is 1. The van der Waals surface area contributed by atoms with Crippen LogP contribution in [0.1, 0.15) is 12.5 Å². The zero-order chi connectivity index (χ0) is 15.2. The summed E-state index contributed by atoms with van der Waals surface area (Å²) in [5.74, 6) is 0.0610. The number of esters is 1. The first kappa shape index (κ1) is 14.8. The highest BCUT2D eigenvalue weighted by Gasteiger charge is 2.20. The molecule has 2 aromatic rings. The molecular weight excluding hydrogens is 270 g/mol. The Morgan fingerprint density at radius 1 is 1.24 bits per heavy atom. The van der Waals surface area contributed by atoms with Crippen molar-refractivity contribution in [2.24, 2.45) is 0 Å². The van der Waals surface area contributed by atoms with E-state index in [9.17, 15) is 9.59 Å². The average Bonchev–Trinajstić information content (AvgIpc) is 3.00. The van der Waals surface area contributed by atoms with Crippen molar-refractivity contribution < 1.29 is 18.7 Å². The first-order chi connectivity index (χ1) is 10.1. The number of furan rings is 1. The van der Waals surface area contributed by atoms with Gasteiger partial charge in [-0.3, -0.25) is 4.79 Å². The van der Waals surface area contributed by atoms with Crippen LogP contribution >= 0.6 is 0 Å². The van der Waals surface area contributed by atoms with Crippen LogP contribution in [0.4, 0.5) is 0 Å². The first-order valence-corrected chi connectivity index (χ1v) is 6.58. The SMILES string of the molecule is COC(=O)C(Cc1ccc(-c2ccco2)cc1)NC(C)=O. The summed E-state index contributed by atoms with van der Waals surface area (Å²) in [4.78, 5) is 22.8. The highest BCUT2D eigenvalue weighted by Crippen LogP contribution is 2.20. The lowest BCUT2D eigenvalue weighted by Gasteiger charge is -2.15. The van der Waals surface area contributed by atoms with Gasteiger partial charge in [-0.1, -0.05) is 24.3 Å². The summed E-state index contributed by atoms with van der Waals surface area (Å²) in [6, 6.07) is 10.6. The Kier molecular flexibility index (Phi) is 4.77. The van der Waals surface area contributed by atoms with Gasteiger partial charge < -0.3 is 14.5 Å². The minimum Gasteiger partial charge on any atom is -0.467 e. The highest BCUT2D eigenvalue weighted by molar-refractivity contribution is 5.83. The summed E-state index contributed by atoms with van der Waals surface area (Å²) in [5, 5.41) is 2.59. The molecule has 0 bridgehead atoms. The molecule has 0 saturated carbocycles. The molecule has 0 aliphatic rings. The number of nitrogens with one attached hydrogen (secondary N) is 1. The van der Waals surface area contributed by atoms with E-state index >= 15 is 0 Å². The molecule has 110 valence electrons. The molecule has 2 rings (SSSR count). The van der Waals surface area contributed by atoms with Crippen LogP contribution < -0.4 is 5.32 Å². The zero-order valence-corrected chi connectivity index (χ0v) is 12.0. The van der Waals surface area contributed by atoms with E-state index in [0.29, 0.717) is 6.42 Å². The van der Waals surface area contributed by atoms with Crippen molar-refractivity contribution in [2.75, 3.05) is 7.11 Å². The fourth-order valence-electron chi connectivity index (χ4n) is 2.06. The van der Waals surface area contributed by atoms with Crippen molar-refractivity contribution in [2.45, 2.75) is 19.4 Å². The van der Waals surface area contributed by atoms with Crippen LogP contribution in [0.25, 0.3) is 11.3 Å². The number of carbonyl (C=O) groups is 2. The van der Waals surface area contributed by atoms with Crippen LogP contribution in [0.2, 0.25) is 0 Å². The number of rotatable bonds is 5. The number of methoxy groups -OCH3 is 1. The summed E-state index contributed by atoms with van der Waals surface area (Å²) >= 11 is 0. The van der Waals surface area contributed by atoms with Gasteiger partial charge in [-0.25, -0.2) is 4.79 Å². The molecular formula is C16H17NO4. The van der Waals surface area contributed by atoms with Crippen molar-refractivity contribution in [1.82, 2.24) is 5.32 Å². The van der Waals surface area contributed by atoms with Gasteiger partial charge in [0.15, 0.2) is 0 Å². The third kappa shape index (κ3) is 3.95. The van der Waals surface area contributed by atoms with E-state index in [1.54, 1.807) is 6.26 Å². The topological polar surface area (TPSA) is 68.5 Å². The second kappa shape index (κ2) is 6.74. The number of ether oxygens (including phenoxy) is 1. The lowest BCUT2D eigenvalue weighted by molar-refractivity contribution is -0.144. The zero-order valence-electron chi connectivity index (χ0n) is 12.0. The van der Waals surface area contributed by atoms with Gasteiger partial charge in [0.1, 0.15) is 11.8 Å². The number of benzene rings is 1. The molecule has 1 N–H and O–H groups in total. The first-order valence-electron chi connectivity index (χ1n) is 6.58. The van der Waals surface area contributed by atoms with Gasteiger partial charge in [-0.05, 0) is 17.7 Å². The number of hydrogen-bond acceptors (Lipinski definition) is 4. The van der Waals surface area contributed by atoms with Crippen molar-refractivity contribution in [3.05, 3.63) is 48.2 Å². The number of carbonyl (C=O) groups excluding carboxylic acids is 2. The van der Waals surface area contributed by atoms with Gasteiger partial charge in [-0.2, -0.15) is 0 Å². The lowest BCUT2D eigenvalue weighted by Crippen LogP contribution is -2.41. The van der Waals surface area contributed by atoms with Gasteiger partial charge >= 0.3 is 5.97 Å². The van der Waals surface area contributed by atoms with Gasteiger partial charge in [0, 0.05) is 18.9 Å². The van der Waals surface area contributed by atoms with E-state index in [-0.39, 0.29) is 5.91 Å². The maximum atomic E-state index is 11.7. The Bertz CT molecular complexity index is 602. The van der Waals surface area contributed by atoms with E-state index in [4.69, 9.17) is 9.15 Å². The van der Waals surface area contributed by atoms with Gasteiger partial charge in [-0.15, -0.1) is 0 Å². The number of amides is 1. The van der Waals surface area contributed by atoms with Crippen LogP contribution in [0.5, 0.6) is 0 Å². The minimum atomic E-state index is -0.679. The van der Waals surface area contributed by atoms with Crippen LogP contribution in [-0.4, -0.2) is 25.0 Å². The Balaban J connectivity index is 2.10. The van der Waals surface area contributed by atoms with Crippen molar-refractivity contribution >= 4 is 11.9 Å². The molecule has 1 amide bonds. The molecule has 1 aromatic heterocycles. The molecule has 5 heteroatoms. The molecule has 1 atom stereocenters. The van der Waals surface area contributed by atoms with Crippen LogP contribution in [0.15, 0.2) is 47.1 Å². The quantitative estimate of drug-likeness (QED) is 0.856. The summed E-state index contributed by atoms with van der Waals surface area (Å²) in [6.45, 7) is 1.37. The van der Waals surface area contributed by atoms with Crippen molar-refractivity contribution in [1.29, 1.82) is 0 Å². The molecule has 0 fully saturated rings. The Labute approximate surface area is 122 Å². The van der Waals surface area contributed by atoms with Crippen molar-refractivity contribution in [3.63, 3.8) is 0 Å². The highest BCUT2D eigenvalue weighted by atomic mass is 16.5. The van der Waals surface area contributed by atoms with E-state index in [0.717, 1.165) is 16.9 Å². The van der Waals surface area contributed by atoms with Gasteiger partial charge in [0.05, 0.1) is 13.4 Å². The molecule has 0 aliphatic heterocycles. The third-order valence-electron chi connectivity index (χ3n) is 3.06. The smallest absolute Gasteiger partial charge is 0.328 e. The molecule has 0 saturated heterocycles. The summed E-state index contributed by atoms with van der Waals surface area (Å²) in [6.07, 6.45) is 2.00. The van der Waals surface area contributed by atoms with Gasteiger partial charge in [0.2, 0.25) is 5.91 Å². The van der Waals surface area contributed by atoms with E-state index in [1.807, 2.05) is 36.4 Å². The van der Waals surface area contributed by atoms with E-state index in [1.165, 1.54) is 14.0 Å². The summed E-state index contributed by atoms with van der Waals surface area (Å²) in [5.41, 5.74) is 1.88. The predicted octanol–water partition coefficient (Wildman–Crippen LogP) is 2.17. The second-order valence-corrected chi connectivity index (χ2v) is 4.65. The third-order valence-corrected chi connectivity index (χ3v) is 3.06. The van der Waals surface area contributed by atoms with Crippen LogP contribution in [0.3, 0.4) is 0 Å². The van der Waals surface area contributed by atoms with E-state index in [2.05, 4.69) is 5.32 Å². The molecule has 0 aliphatic carbocycles. The molecule has 1 aromatic carbocycles. The fourth-order valence-corrected chi connectivity index (χ4v) is 2.06. The van der Waals surface area contributed by atoms with Crippen LogP contribution in [0, 0.1) is 0 Å². The molecule has 1 unspecified atom stereocenters. The van der Waals surface area contributed by atoms with Crippen LogP contribution in [-0.2, 0) is 20.7 Å². The largest absolute Gasteiger partial charge is 0.467 e. The normalized spacial score (nSPS) is 11.7.